The topological polar surface area (TPSA) is 0 Å². The van der Waals surface area contributed by atoms with Gasteiger partial charge in [-0.1, -0.05) is 81.4 Å². The van der Waals surface area contributed by atoms with Crippen LogP contribution in [0.1, 0.15) is 57.6 Å². The summed E-state index contributed by atoms with van der Waals surface area (Å²) in [6.45, 7) is 7.20. The predicted molar refractivity (Wildman–Crippen MR) is 95.1 cm³/mol. The van der Waals surface area contributed by atoms with Gasteiger partial charge >= 0.3 is 0 Å². The van der Waals surface area contributed by atoms with E-state index in [-0.39, 0.29) is 5.41 Å². The molecule has 0 heteroatoms. The normalized spacial score (nSPS) is 19.0. The van der Waals surface area contributed by atoms with Gasteiger partial charge in [0.2, 0.25) is 0 Å². The van der Waals surface area contributed by atoms with Crippen LogP contribution in [0.2, 0.25) is 0 Å². The molecular formula is C22H28. The van der Waals surface area contributed by atoms with Gasteiger partial charge in [0.1, 0.15) is 0 Å². The van der Waals surface area contributed by atoms with Gasteiger partial charge in [-0.2, -0.15) is 0 Å². The number of benzene rings is 2. The van der Waals surface area contributed by atoms with Crippen LogP contribution in [0.3, 0.4) is 0 Å². The molecule has 2 aromatic carbocycles. The van der Waals surface area contributed by atoms with Crippen molar-refractivity contribution in [3.63, 3.8) is 0 Å². The Bertz CT molecular complexity index is 539. The van der Waals surface area contributed by atoms with Gasteiger partial charge in [0.25, 0.3) is 0 Å². The van der Waals surface area contributed by atoms with Gasteiger partial charge < -0.3 is 0 Å². The molecule has 0 N–H and O–H groups in total. The minimum Gasteiger partial charge on any atom is -0.0622 e. The molecule has 0 unspecified atom stereocenters. The van der Waals surface area contributed by atoms with Crippen molar-refractivity contribution in [2.75, 3.05) is 0 Å². The van der Waals surface area contributed by atoms with Gasteiger partial charge in [0, 0.05) is 5.41 Å². The molecule has 0 aliphatic heterocycles. The predicted octanol–water partition coefficient (Wildman–Crippen LogP) is 6.21. The molecule has 0 bridgehead atoms. The second kappa shape index (κ2) is 5.91. The highest BCUT2D eigenvalue weighted by Gasteiger charge is 2.40. The van der Waals surface area contributed by atoms with Crippen LogP contribution in [-0.2, 0) is 5.41 Å². The van der Waals surface area contributed by atoms with Gasteiger partial charge in [0.15, 0.2) is 0 Å². The molecule has 1 fully saturated rings. The molecule has 3 rings (SSSR count). The Balaban J connectivity index is 1.97. The molecule has 0 heterocycles. The first-order chi connectivity index (χ1) is 10.5. The molecule has 0 aromatic heterocycles. The van der Waals surface area contributed by atoms with Crippen molar-refractivity contribution in [3.8, 4) is 0 Å². The Labute approximate surface area is 135 Å². The molecule has 0 amide bonds. The van der Waals surface area contributed by atoms with Crippen LogP contribution >= 0.6 is 0 Å². The van der Waals surface area contributed by atoms with E-state index < -0.39 is 0 Å². The minimum absolute atomic E-state index is 0.213. The summed E-state index contributed by atoms with van der Waals surface area (Å²) < 4.78 is 0. The fourth-order valence-electron chi connectivity index (χ4n) is 4.24. The maximum Gasteiger partial charge on any atom is 0.0203 e. The van der Waals surface area contributed by atoms with E-state index in [1.807, 2.05) is 0 Å². The fourth-order valence-corrected chi connectivity index (χ4v) is 4.24. The third-order valence-corrected chi connectivity index (χ3v) is 5.72. The molecule has 0 saturated heterocycles. The molecule has 116 valence electrons. The Morgan fingerprint density at radius 2 is 1.14 bits per heavy atom. The summed E-state index contributed by atoms with van der Waals surface area (Å²) in [5, 5.41) is 0. The van der Waals surface area contributed by atoms with Crippen molar-refractivity contribution in [2.45, 2.75) is 51.9 Å². The lowest BCUT2D eigenvalue weighted by atomic mass is 9.59. The molecule has 1 saturated carbocycles. The third kappa shape index (κ3) is 2.84. The van der Waals surface area contributed by atoms with Crippen LogP contribution in [0, 0.1) is 11.3 Å². The highest BCUT2D eigenvalue weighted by molar-refractivity contribution is 5.39. The van der Waals surface area contributed by atoms with Crippen LogP contribution in [-0.4, -0.2) is 0 Å². The van der Waals surface area contributed by atoms with Crippen molar-refractivity contribution >= 4 is 0 Å². The zero-order valence-electron chi connectivity index (χ0n) is 14.2. The molecule has 1 aliphatic rings. The number of hydrogen-bond donors (Lipinski definition) is 0. The average Bonchev–Trinajstić information content (AvgIpc) is 2.56. The van der Waals surface area contributed by atoms with Crippen molar-refractivity contribution in [1.29, 1.82) is 0 Å². The monoisotopic (exact) mass is 292 g/mol. The highest BCUT2D eigenvalue weighted by Crippen LogP contribution is 2.50. The number of hydrogen-bond acceptors (Lipinski definition) is 0. The second-order valence-electron chi connectivity index (χ2n) is 7.95. The van der Waals surface area contributed by atoms with E-state index in [2.05, 4.69) is 81.4 Å². The largest absolute Gasteiger partial charge is 0.0622 e. The molecule has 2 aromatic rings. The van der Waals surface area contributed by atoms with Crippen LogP contribution in [0.25, 0.3) is 0 Å². The summed E-state index contributed by atoms with van der Waals surface area (Å²) in [6, 6.07) is 22.3. The lowest BCUT2D eigenvalue weighted by molar-refractivity contribution is 0.146. The van der Waals surface area contributed by atoms with E-state index in [1.54, 1.807) is 0 Å². The molecule has 0 radical (unpaired) electrons. The Morgan fingerprint density at radius 1 is 0.727 bits per heavy atom. The first-order valence-electron chi connectivity index (χ1n) is 8.63. The van der Waals surface area contributed by atoms with Crippen LogP contribution < -0.4 is 0 Å². The standard InChI is InChI=1S/C22H28/c1-21(2,3)18-14-16-22(17-15-18,19-10-6-4-7-11-19)20-12-8-5-9-13-20/h4-13,18H,14-17H2,1-3H3. The Kier molecular flexibility index (Phi) is 4.12. The summed E-state index contributed by atoms with van der Waals surface area (Å²) >= 11 is 0. The van der Waals surface area contributed by atoms with Crippen LogP contribution in [0.5, 0.6) is 0 Å². The van der Waals surface area contributed by atoms with Crippen molar-refractivity contribution in [1.82, 2.24) is 0 Å². The minimum atomic E-state index is 0.213. The van der Waals surface area contributed by atoms with E-state index in [0.29, 0.717) is 5.41 Å². The first-order valence-corrected chi connectivity index (χ1v) is 8.63. The lowest BCUT2D eigenvalue weighted by Gasteiger charge is -2.45. The van der Waals surface area contributed by atoms with Crippen molar-refractivity contribution < 1.29 is 0 Å². The van der Waals surface area contributed by atoms with Crippen molar-refractivity contribution in [3.05, 3.63) is 71.8 Å². The van der Waals surface area contributed by atoms with E-state index in [4.69, 9.17) is 0 Å². The fraction of sp³-hybridized carbons (Fsp3) is 0.455. The molecule has 0 atom stereocenters. The van der Waals surface area contributed by atoms with Gasteiger partial charge in [-0.3, -0.25) is 0 Å². The van der Waals surface area contributed by atoms with E-state index in [1.165, 1.54) is 36.8 Å². The summed E-state index contributed by atoms with van der Waals surface area (Å²) in [4.78, 5) is 0. The van der Waals surface area contributed by atoms with Gasteiger partial charge in [-0.05, 0) is 48.1 Å². The molecule has 0 spiro atoms. The summed E-state index contributed by atoms with van der Waals surface area (Å²) in [6.07, 6.45) is 5.19. The van der Waals surface area contributed by atoms with E-state index in [0.717, 1.165) is 5.92 Å². The quantitative estimate of drug-likeness (QED) is 0.617. The first kappa shape index (κ1) is 15.3. The van der Waals surface area contributed by atoms with Gasteiger partial charge in [0.05, 0.1) is 0 Å². The van der Waals surface area contributed by atoms with E-state index >= 15 is 0 Å². The smallest absolute Gasteiger partial charge is 0.0203 e. The van der Waals surface area contributed by atoms with Gasteiger partial charge in [-0.15, -0.1) is 0 Å². The number of rotatable bonds is 2. The summed E-state index contributed by atoms with van der Waals surface area (Å²) in [5.41, 5.74) is 3.63. The van der Waals surface area contributed by atoms with E-state index in [9.17, 15) is 0 Å². The van der Waals surface area contributed by atoms with Crippen LogP contribution in [0.4, 0.5) is 0 Å². The lowest BCUT2D eigenvalue weighted by Crippen LogP contribution is -2.36. The maximum atomic E-state index is 2.40. The third-order valence-electron chi connectivity index (χ3n) is 5.72. The second-order valence-corrected chi connectivity index (χ2v) is 7.95. The van der Waals surface area contributed by atoms with Crippen LogP contribution in [0.15, 0.2) is 60.7 Å². The maximum absolute atomic E-state index is 2.40. The Morgan fingerprint density at radius 3 is 1.50 bits per heavy atom. The van der Waals surface area contributed by atoms with Crippen molar-refractivity contribution in [2.24, 2.45) is 11.3 Å². The zero-order valence-corrected chi connectivity index (χ0v) is 14.2. The SMILES string of the molecule is CC(C)(C)C1CCC(c2ccccc2)(c2ccccc2)CC1. The molecular weight excluding hydrogens is 264 g/mol. The zero-order chi connectivity index (χ0) is 15.6. The van der Waals surface area contributed by atoms with Gasteiger partial charge in [-0.25, -0.2) is 0 Å². The summed E-state index contributed by atoms with van der Waals surface area (Å²) in [5.74, 6) is 0.841. The average molecular weight is 292 g/mol. The Hall–Kier alpha value is -1.56. The summed E-state index contributed by atoms with van der Waals surface area (Å²) in [7, 11) is 0. The highest BCUT2D eigenvalue weighted by atomic mass is 14.4. The molecule has 22 heavy (non-hydrogen) atoms. The molecule has 0 nitrogen and oxygen atoms in total. The molecule has 1 aliphatic carbocycles.